The molecule has 6 heteroatoms. The Balaban J connectivity index is 2.72. The smallest absolute Gasteiger partial charge is 0.305 e. The van der Waals surface area contributed by atoms with E-state index in [1.807, 2.05) is 32.9 Å². The zero-order valence-corrected chi connectivity index (χ0v) is 15.7. The van der Waals surface area contributed by atoms with Crippen LogP contribution in [0.25, 0.3) is 0 Å². The van der Waals surface area contributed by atoms with Gasteiger partial charge in [-0.1, -0.05) is 32.0 Å². The summed E-state index contributed by atoms with van der Waals surface area (Å²) in [5.74, 6) is -0.771. The van der Waals surface area contributed by atoms with Crippen molar-refractivity contribution in [1.82, 2.24) is 10.2 Å². The van der Waals surface area contributed by atoms with E-state index in [0.717, 1.165) is 5.56 Å². The van der Waals surface area contributed by atoms with Crippen molar-refractivity contribution in [2.24, 2.45) is 5.92 Å². The van der Waals surface area contributed by atoms with E-state index < -0.39 is 6.04 Å². The van der Waals surface area contributed by atoms with Crippen molar-refractivity contribution < 1.29 is 19.1 Å². The summed E-state index contributed by atoms with van der Waals surface area (Å²) >= 11 is 0. The van der Waals surface area contributed by atoms with Gasteiger partial charge >= 0.3 is 5.97 Å². The van der Waals surface area contributed by atoms with E-state index in [1.165, 1.54) is 7.11 Å². The number of amides is 2. The summed E-state index contributed by atoms with van der Waals surface area (Å²) < 4.78 is 4.59. The summed E-state index contributed by atoms with van der Waals surface area (Å²) in [4.78, 5) is 37.9. The second kappa shape index (κ2) is 9.81. The van der Waals surface area contributed by atoms with Gasteiger partial charge in [0.05, 0.1) is 7.11 Å². The average Bonchev–Trinajstić information content (AvgIpc) is 2.58. The maximum atomic E-state index is 12.7. The normalized spacial score (nSPS) is 11.8. The number of rotatable bonds is 8. The maximum absolute atomic E-state index is 12.7. The predicted molar refractivity (Wildman–Crippen MR) is 96.2 cm³/mol. The van der Waals surface area contributed by atoms with Gasteiger partial charge in [-0.25, -0.2) is 0 Å². The number of likely N-dealkylation sites (N-methyl/N-ethyl adjacent to an activating group) is 1. The van der Waals surface area contributed by atoms with Crippen molar-refractivity contribution in [1.29, 1.82) is 0 Å². The van der Waals surface area contributed by atoms with Crippen LogP contribution in [0.2, 0.25) is 0 Å². The van der Waals surface area contributed by atoms with Crippen LogP contribution in [0.1, 0.15) is 42.6 Å². The van der Waals surface area contributed by atoms with Gasteiger partial charge in [-0.2, -0.15) is 0 Å². The number of hydrogen-bond acceptors (Lipinski definition) is 4. The standard InChI is InChI=1S/C19H28N2O4/c1-13(2)17(19(24)21(4)12-8-11-16(22)25-5)20-18(23)15-10-7-6-9-14(15)3/h6-7,9-10,13,17H,8,11-12H2,1-5H3,(H,20,23). The number of esters is 1. The van der Waals surface area contributed by atoms with Crippen LogP contribution in [0.15, 0.2) is 24.3 Å². The summed E-state index contributed by atoms with van der Waals surface area (Å²) in [6.07, 6.45) is 0.779. The first kappa shape index (κ1) is 20.7. The van der Waals surface area contributed by atoms with Gasteiger partial charge in [0.25, 0.3) is 5.91 Å². The maximum Gasteiger partial charge on any atom is 0.305 e. The number of aryl methyl sites for hydroxylation is 1. The summed E-state index contributed by atoms with van der Waals surface area (Å²) in [6.45, 7) is 6.07. The van der Waals surface area contributed by atoms with E-state index >= 15 is 0 Å². The SMILES string of the molecule is COC(=O)CCCN(C)C(=O)C(NC(=O)c1ccccc1C)C(C)C. The molecule has 0 saturated carbocycles. The van der Waals surface area contributed by atoms with Crippen molar-refractivity contribution in [3.8, 4) is 0 Å². The molecule has 0 radical (unpaired) electrons. The van der Waals surface area contributed by atoms with Crippen molar-refractivity contribution in [2.45, 2.75) is 39.7 Å². The number of nitrogens with one attached hydrogen (secondary N) is 1. The number of methoxy groups -OCH3 is 1. The fourth-order valence-corrected chi connectivity index (χ4v) is 2.47. The molecule has 138 valence electrons. The van der Waals surface area contributed by atoms with Gasteiger partial charge in [-0.15, -0.1) is 0 Å². The zero-order valence-electron chi connectivity index (χ0n) is 15.7. The molecule has 0 heterocycles. The van der Waals surface area contributed by atoms with E-state index in [4.69, 9.17) is 0 Å². The first-order valence-electron chi connectivity index (χ1n) is 8.46. The summed E-state index contributed by atoms with van der Waals surface area (Å²) in [6, 6.07) is 6.65. The molecule has 0 spiro atoms. The molecule has 1 N–H and O–H groups in total. The van der Waals surface area contributed by atoms with E-state index in [0.29, 0.717) is 18.5 Å². The molecule has 0 saturated heterocycles. The molecule has 25 heavy (non-hydrogen) atoms. The zero-order chi connectivity index (χ0) is 19.0. The third-order valence-corrected chi connectivity index (χ3v) is 4.09. The van der Waals surface area contributed by atoms with Crippen LogP contribution >= 0.6 is 0 Å². The Kier molecular flexibility index (Phi) is 8.11. The third-order valence-electron chi connectivity index (χ3n) is 4.09. The fraction of sp³-hybridized carbons (Fsp3) is 0.526. The minimum atomic E-state index is -0.616. The molecule has 6 nitrogen and oxygen atoms in total. The molecule has 0 aliphatic heterocycles. The lowest BCUT2D eigenvalue weighted by atomic mass is 10.0. The van der Waals surface area contributed by atoms with Crippen LogP contribution in [0.3, 0.4) is 0 Å². The Bertz CT molecular complexity index is 613. The fourth-order valence-electron chi connectivity index (χ4n) is 2.47. The van der Waals surface area contributed by atoms with Gasteiger partial charge in [0.1, 0.15) is 6.04 Å². The molecule has 0 aliphatic rings. The molecular formula is C19H28N2O4. The molecule has 0 fully saturated rings. The Morgan fingerprint density at radius 2 is 1.84 bits per heavy atom. The number of ether oxygens (including phenoxy) is 1. The lowest BCUT2D eigenvalue weighted by Gasteiger charge is -2.27. The summed E-state index contributed by atoms with van der Waals surface area (Å²) in [5, 5.41) is 2.84. The second-order valence-electron chi connectivity index (χ2n) is 6.45. The molecule has 0 aromatic heterocycles. The Hall–Kier alpha value is -2.37. The van der Waals surface area contributed by atoms with Gasteiger partial charge in [-0.05, 0) is 30.9 Å². The molecular weight excluding hydrogens is 320 g/mol. The van der Waals surface area contributed by atoms with Crippen molar-refractivity contribution in [3.05, 3.63) is 35.4 Å². The predicted octanol–water partition coefficient (Wildman–Crippen LogP) is 2.16. The van der Waals surface area contributed by atoms with Crippen molar-refractivity contribution >= 4 is 17.8 Å². The average molecular weight is 348 g/mol. The van der Waals surface area contributed by atoms with Crippen LogP contribution in [0, 0.1) is 12.8 Å². The molecule has 0 aliphatic carbocycles. The van der Waals surface area contributed by atoms with Crippen LogP contribution in [-0.4, -0.2) is 49.4 Å². The molecule has 1 unspecified atom stereocenters. The number of carbonyl (C=O) groups is 3. The molecule has 2 amide bonds. The van der Waals surface area contributed by atoms with Gasteiger partial charge < -0.3 is 15.0 Å². The first-order chi connectivity index (χ1) is 11.8. The number of hydrogen-bond donors (Lipinski definition) is 1. The quantitative estimate of drug-likeness (QED) is 0.731. The summed E-state index contributed by atoms with van der Waals surface area (Å²) in [5.41, 5.74) is 1.43. The van der Waals surface area contributed by atoms with Gasteiger partial charge in [0.15, 0.2) is 0 Å². The van der Waals surface area contributed by atoms with Gasteiger partial charge in [0, 0.05) is 25.6 Å². The Morgan fingerprint density at radius 3 is 2.40 bits per heavy atom. The molecule has 1 rings (SSSR count). The Labute approximate surface area is 149 Å². The van der Waals surface area contributed by atoms with Crippen LogP contribution in [0.5, 0.6) is 0 Å². The largest absolute Gasteiger partial charge is 0.469 e. The lowest BCUT2D eigenvalue weighted by molar-refractivity contribution is -0.141. The topological polar surface area (TPSA) is 75.7 Å². The molecule has 0 bridgehead atoms. The monoisotopic (exact) mass is 348 g/mol. The van der Waals surface area contributed by atoms with Gasteiger partial charge in [0.2, 0.25) is 5.91 Å². The lowest BCUT2D eigenvalue weighted by Crippen LogP contribution is -2.50. The number of benzene rings is 1. The number of carbonyl (C=O) groups excluding carboxylic acids is 3. The third kappa shape index (κ3) is 6.21. The highest BCUT2D eigenvalue weighted by atomic mass is 16.5. The highest BCUT2D eigenvalue weighted by Gasteiger charge is 2.27. The first-order valence-corrected chi connectivity index (χ1v) is 8.46. The highest BCUT2D eigenvalue weighted by molar-refractivity contribution is 5.98. The van der Waals surface area contributed by atoms with Crippen LogP contribution in [-0.2, 0) is 14.3 Å². The van der Waals surface area contributed by atoms with E-state index in [2.05, 4.69) is 10.1 Å². The molecule has 1 aromatic rings. The molecule has 1 atom stereocenters. The van der Waals surface area contributed by atoms with E-state index in [1.54, 1.807) is 24.1 Å². The summed E-state index contributed by atoms with van der Waals surface area (Å²) in [7, 11) is 3.02. The van der Waals surface area contributed by atoms with Crippen molar-refractivity contribution in [3.63, 3.8) is 0 Å². The van der Waals surface area contributed by atoms with Crippen LogP contribution < -0.4 is 5.32 Å². The van der Waals surface area contributed by atoms with E-state index in [-0.39, 0.29) is 30.1 Å². The highest BCUT2D eigenvalue weighted by Crippen LogP contribution is 2.11. The minimum absolute atomic E-state index is 0.0523. The number of nitrogens with zero attached hydrogens (tertiary/aromatic N) is 1. The minimum Gasteiger partial charge on any atom is -0.469 e. The van der Waals surface area contributed by atoms with E-state index in [9.17, 15) is 14.4 Å². The van der Waals surface area contributed by atoms with Gasteiger partial charge in [-0.3, -0.25) is 14.4 Å². The second-order valence-corrected chi connectivity index (χ2v) is 6.45. The Morgan fingerprint density at radius 1 is 1.20 bits per heavy atom. The molecule has 1 aromatic carbocycles. The van der Waals surface area contributed by atoms with Crippen LogP contribution in [0.4, 0.5) is 0 Å². The van der Waals surface area contributed by atoms with Crippen molar-refractivity contribution in [2.75, 3.05) is 20.7 Å².